The maximum absolute atomic E-state index is 4.22. The van der Waals surface area contributed by atoms with Gasteiger partial charge in [-0.05, 0) is 35.0 Å². The summed E-state index contributed by atoms with van der Waals surface area (Å²) < 4.78 is 3.05. The van der Waals surface area contributed by atoms with Crippen LogP contribution in [0.1, 0.15) is 5.69 Å². The van der Waals surface area contributed by atoms with Crippen molar-refractivity contribution >= 4 is 21.6 Å². The Balaban J connectivity index is 2.87. The number of hydrogen-bond acceptors (Lipinski definition) is 1. The lowest BCUT2D eigenvalue weighted by Crippen LogP contribution is -1.88. The molecular weight excluding hydrogens is 204 g/mol. The number of aromatic nitrogens is 2. The highest BCUT2D eigenvalue weighted by Crippen LogP contribution is 2.11. The van der Waals surface area contributed by atoms with Crippen LogP contribution < -0.4 is 0 Å². The average molecular weight is 211 g/mol. The molecule has 0 aliphatic rings. The van der Waals surface area contributed by atoms with E-state index in [4.69, 9.17) is 0 Å². The number of nitrogens with zero attached hydrogens (tertiary/aromatic N) is 2. The summed E-state index contributed by atoms with van der Waals surface area (Å²) in [7, 11) is 0. The third-order valence-electron chi connectivity index (χ3n) is 1.67. The van der Waals surface area contributed by atoms with E-state index in [0.29, 0.717) is 0 Å². The van der Waals surface area contributed by atoms with Crippen LogP contribution in [-0.4, -0.2) is 9.38 Å². The van der Waals surface area contributed by atoms with Crippen molar-refractivity contribution in [3.05, 3.63) is 34.7 Å². The summed E-state index contributed by atoms with van der Waals surface area (Å²) in [6, 6.07) is 4.05. The summed E-state index contributed by atoms with van der Waals surface area (Å²) in [6.07, 6.45) is 3.81. The Morgan fingerprint density at radius 1 is 1.45 bits per heavy atom. The van der Waals surface area contributed by atoms with Crippen LogP contribution >= 0.6 is 15.9 Å². The molecule has 0 unspecified atom stereocenters. The van der Waals surface area contributed by atoms with Crippen molar-refractivity contribution in [2.75, 3.05) is 0 Å². The van der Waals surface area contributed by atoms with E-state index in [9.17, 15) is 0 Å². The first kappa shape index (κ1) is 6.85. The number of fused-ring (bicyclic) bond motifs is 1. The van der Waals surface area contributed by atoms with Crippen LogP contribution in [0.2, 0.25) is 0 Å². The molecule has 0 aromatic carbocycles. The molecule has 56 valence electrons. The zero-order valence-electron chi connectivity index (χ0n) is 6.08. The lowest BCUT2D eigenvalue weighted by Gasteiger charge is -1.96. The van der Waals surface area contributed by atoms with Gasteiger partial charge in [-0.3, -0.25) is 0 Å². The molecule has 0 aliphatic heterocycles. The molecule has 0 atom stereocenters. The highest BCUT2D eigenvalue weighted by Gasteiger charge is 1.96. The van der Waals surface area contributed by atoms with Gasteiger partial charge in [0.05, 0.1) is 4.47 Å². The van der Waals surface area contributed by atoms with Crippen molar-refractivity contribution in [3.8, 4) is 0 Å². The lowest BCUT2D eigenvalue weighted by atomic mass is 10.5. The Hall–Kier alpha value is -0.830. The average Bonchev–Trinajstić information content (AvgIpc) is 2.33. The van der Waals surface area contributed by atoms with Crippen LogP contribution in [0.15, 0.2) is 29.0 Å². The summed E-state index contributed by atoms with van der Waals surface area (Å²) >= 11 is 3.37. The highest BCUT2D eigenvalue weighted by molar-refractivity contribution is 9.10. The summed E-state index contributed by atoms with van der Waals surface area (Å²) in [5.74, 6) is 0. The molecule has 0 aliphatic carbocycles. The normalized spacial score (nSPS) is 10.7. The fourth-order valence-corrected chi connectivity index (χ4v) is 1.40. The third-order valence-corrected chi connectivity index (χ3v) is 2.08. The second-order valence-electron chi connectivity index (χ2n) is 2.48. The molecule has 0 saturated carbocycles. The van der Waals surface area contributed by atoms with Crippen LogP contribution in [0, 0.1) is 6.92 Å². The Morgan fingerprint density at radius 3 is 3.09 bits per heavy atom. The Bertz CT molecular complexity index is 392. The second kappa shape index (κ2) is 2.34. The monoisotopic (exact) mass is 210 g/mol. The fraction of sp³-hybridized carbons (Fsp3) is 0.125. The van der Waals surface area contributed by atoms with Gasteiger partial charge in [-0.15, -0.1) is 0 Å². The number of hydrogen-bond donors (Lipinski definition) is 0. The van der Waals surface area contributed by atoms with Crippen molar-refractivity contribution in [3.63, 3.8) is 0 Å². The Kier molecular flexibility index (Phi) is 1.46. The summed E-state index contributed by atoms with van der Waals surface area (Å²) in [4.78, 5) is 4.22. The van der Waals surface area contributed by atoms with Gasteiger partial charge in [-0.1, -0.05) is 0 Å². The smallest absolute Gasteiger partial charge is 0.136 e. The van der Waals surface area contributed by atoms with Crippen LogP contribution in [0.4, 0.5) is 0 Å². The fourth-order valence-electron chi connectivity index (χ4n) is 1.09. The molecule has 0 spiro atoms. The zero-order valence-corrected chi connectivity index (χ0v) is 7.67. The Labute approximate surface area is 73.0 Å². The topological polar surface area (TPSA) is 17.3 Å². The van der Waals surface area contributed by atoms with E-state index >= 15 is 0 Å². The summed E-state index contributed by atoms with van der Waals surface area (Å²) in [5, 5.41) is 0. The van der Waals surface area contributed by atoms with E-state index in [0.717, 1.165) is 10.1 Å². The maximum atomic E-state index is 4.22. The SMILES string of the molecule is Cc1ccc2ncc(Br)cn12. The minimum Gasteiger partial charge on any atom is -0.305 e. The molecule has 0 saturated heterocycles. The molecule has 0 amide bonds. The molecule has 0 radical (unpaired) electrons. The second-order valence-corrected chi connectivity index (χ2v) is 3.39. The van der Waals surface area contributed by atoms with E-state index in [1.165, 1.54) is 5.69 Å². The predicted octanol–water partition coefficient (Wildman–Crippen LogP) is 2.41. The van der Waals surface area contributed by atoms with E-state index < -0.39 is 0 Å². The number of halogens is 1. The first-order chi connectivity index (χ1) is 5.27. The molecule has 11 heavy (non-hydrogen) atoms. The minimum absolute atomic E-state index is 0.991. The van der Waals surface area contributed by atoms with Gasteiger partial charge in [0.25, 0.3) is 0 Å². The van der Waals surface area contributed by atoms with E-state index in [-0.39, 0.29) is 0 Å². The van der Waals surface area contributed by atoms with Crippen molar-refractivity contribution in [2.45, 2.75) is 6.92 Å². The van der Waals surface area contributed by atoms with Crippen molar-refractivity contribution in [2.24, 2.45) is 0 Å². The van der Waals surface area contributed by atoms with Crippen LogP contribution in [0.25, 0.3) is 5.65 Å². The molecule has 2 aromatic rings. The first-order valence-corrected chi connectivity index (χ1v) is 4.16. The summed E-state index contributed by atoms with van der Waals surface area (Å²) in [5.41, 5.74) is 2.19. The molecule has 2 rings (SSSR count). The van der Waals surface area contributed by atoms with Gasteiger partial charge in [-0.25, -0.2) is 4.98 Å². The van der Waals surface area contributed by atoms with Crippen molar-refractivity contribution in [1.29, 1.82) is 0 Å². The minimum atomic E-state index is 0.991. The van der Waals surface area contributed by atoms with Gasteiger partial charge in [0, 0.05) is 18.1 Å². The Morgan fingerprint density at radius 2 is 2.27 bits per heavy atom. The predicted molar refractivity (Wildman–Crippen MR) is 47.6 cm³/mol. The number of rotatable bonds is 0. The van der Waals surface area contributed by atoms with E-state index in [2.05, 4.69) is 33.9 Å². The van der Waals surface area contributed by atoms with E-state index in [1.54, 1.807) is 6.20 Å². The molecular formula is C8H7BrN2. The van der Waals surface area contributed by atoms with Gasteiger partial charge in [0.2, 0.25) is 0 Å². The third kappa shape index (κ3) is 1.05. The van der Waals surface area contributed by atoms with Gasteiger partial charge in [0.15, 0.2) is 0 Å². The molecule has 0 N–H and O–H groups in total. The number of aryl methyl sites for hydroxylation is 1. The van der Waals surface area contributed by atoms with Gasteiger partial charge in [-0.2, -0.15) is 0 Å². The summed E-state index contributed by atoms with van der Waals surface area (Å²) in [6.45, 7) is 2.06. The van der Waals surface area contributed by atoms with Gasteiger partial charge < -0.3 is 4.40 Å². The molecule has 2 aromatic heterocycles. The highest BCUT2D eigenvalue weighted by atomic mass is 79.9. The van der Waals surface area contributed by atoms with Crippen LogP contribution in [-0.2, 0) is 0 Å². The molecule has 2 nitrogen and oxygen atoms in total. The van der Waals surface area contributed by atoms with Crippen molar-refractivity contribution < 1.29 is 0 Å². The van der Waals surface area contributed by atoms with Crippen LogP contribution in [0.3, 0.4) is 0 Å². The molecule has 0 fully saturated rings. The van der Waals surface area contributed by atoms with Gasteiger partial charge in [0.1, 0.15) is 5.65 Å². The lowest BCUT2D eigenvalue weighted by molar-refractivity contribution is 1.06. The maximum Gasteiger partial charge on any atom is 0.136 e. The van der Waals surface area contributed by atoms with E-state index in [1.807, 2.05) is 16.7 Å². The van der Waals surface area contributed by atoms with Gasteiger partial charge >= 0.3 is 0 Å². The van der Waals surface area contributed by atoms with Crippen LogP contribution in [0.5, 0.6) is 0 Å². The molecule has 2 heterocycles. The zero-order chi connectivity index (χ0) is 7.84. The van der Waals surface area contributed by atoms with Crippen molar-refractivity contribution in [1.82, 2.24) is 9.38 Å². The first-order valence-electron chi connectivity index (χ1n) is 3.36. The molecule has 0 bridgehead atoms. The molecule has 3 heteroatoms. The quantitative estimate of drug-likeness (QED) is 0.653. The standard InChI is InChI=1S/C8H7BrN2/c1-6-2-3-8-10-4-7(9)5-11(6)8/h2-5H,1H3. The largest absolute Gasteiger partial charge is 0.305 e.